The molecule has 0 aliphatic rings. The van der Waals surface area contributed by atoms with Gasteiger partial charge in [0.15, 0.2) is 0 Å². The van der Waals surface area contributed by atoms with Crippen molar-refractivity contribution in [3.05, 3.63) is 94.1 Å². The van der Waals surface area contributed by atoms with Gasteiger partial charge in [0, 0.05) is 49.0 Å². The minimum atomic E-state index is -0.121. The molecule has 0 radical (unpaired) electrons. The maximum absolute atomic E-state index is 12.0. The molecule has 0 aliphatic carbocycles. The molecule has 1 N–H and O–H groups in total. The van der Waals surface area contributed by atoms with E-state index in [4.69, 9.17) is 0 Å². The Morgan fingerprint density at radius 1 is 1.07 bits per heavy atom. The van der Waals surface area contributed by atoms with Crippen LogP contribution in [0.25, 0.3) is 11.4 Å². The van der Waals surface area contributed by atoms with Crippen molar-refractivity contribution in [1.82, 2.24) is 24.5 Å². The van der Waals surface area contributed by atoms with Crippen molar-refractivity contribution in [1.29, 1.82) is 0 Å². The Morgan fingerprint density at radius 3 is 2.57 bits per heavy atom. The van der Waals surface area contributed by atoms with Gasteiger partial charge >= 0.3 is 0 Å². The number of hydrogen-bond donors (Lipinski definition) is 1. The number of anilines is 1. The summed E-state index contributed by atoms with van der Waals surface area (Å²) in [7, 11) is 1.99. The molecule has 7 nitrogen and oxygen atoms in total. The molecule has 30 heavy (non-hydrogen) atoms. The van der Waals surface area contributed by atoms with Crippen molar-refractivity contribution < 1.29 is 0 Å². The van der Waals surface area contributed by atoms with Gasteiger partial charge in [-0.3, -0.25) is 4.79 Å². The molecule has 4 aromatic rings. The van der Waals surface area contributed by atoms with Crippen LogP contribution in [0.5, 0.6) is 0 Å². The SMILES string of the molecule is Cc1nc(-c2ccc(N(C)Cc3nccn3Cc3ccccc3)nc2)[nH]c(=O)c1C. The first-order valence-corrected chi connectivity index (χ1v) is 9.80. The maximum atomic E-state index is 12.0. The second-order valence-electron chi connectivity index (χ2n) is 7.34. The molecule has 0 spiro atoms. The average Bonchev–Trinajstić information content (AvgIpc) is 3.19. The highest BCUT2D eigenvalue weighted by molar-refractivity contribution is 5.56. The van der Waals surface area contributed by atoms with Gasteiger partial charge in [0.05, 0.1) is 6.54 Å². The number of nitrogens with one attached hydrogen (secondary N) is 1. The van der Waals surface area contributed by atoms with Crippen LogP contribution in [0.3, 0.4) is 0 Å². The zero-order valence-corrected chi connectivity index (χ0v) is 17.3. The van der Waals surface area contributed by atoms with Crippen LogP contribution in [0.2, 0.25) is 0 Å². The highest BCUT2D eigenvalue weighted by atomic mass is 16.1. The molecule has 3 heterocycles. The molecule has 0 aliphatic heterocycles. The number of benzene rings is 1. The summed E-state index contributed by atoms with van der Waals surface area (Å²) in [6, 6.07) is 14.2. The molecule has 7 heteroatoms. The van der Waals surface area contributed by atoms with Gasteiger partial charge in [0.2, 0.25) is 0 Å². The third-order valence-corrected chi connectivity index (χ3v) is 5.18. The van der Waals surface area contributed by atoms with Crippen molar-refractivity contribution in [2.24, 2.45) is 0 Å². The summed E-state index contributed by atoms with van der Waals surface area (Å²) in [4.78, 5) is 30.4. The summed E-state index contributed by atoms with van der Waals surface area (Å²) in [6.45, 7) is 5.01. The van der Waals surface area contributed by atoms with E-state index in [0.29, 0.717) is 17.9 Å². The van der Waals surface area contributed by atoms with Gasteiger partial charge in [-0.2, -0.15) is 0 Å². The molecule has 0 fully saturated rings. The molecule has 1 aromatic carbocycles. The quantitative estimate of drug-likeness (QED) is 0.537. The first-order valence-electron chi connectivity index (χ1n) is 9.80. The third kappa shape index (κ3) is 4.15. The van der Waals surface area contributed by atoms with Crippen molar-refractivity contribution in [2.45, 2.75) is 26.9 Å². The van der Waals surface area contributed by atoms with Crippen LogP contribution < -0.4 is 10.5 Å². The number of nitrogens with zero attached hydrogens (tertiary/aromatic N) is 5. The summed E-state index contributed by atoms with van der Waals surface area (Å²) < 4.78 is 2.14. The molecule has 0 amide bonds. The lowest BCUT2D eigenvalue weighted by Gasteiger charge is -2.19. The first kappa shape index (κ1) is 19.6. The molecule has 152 valence electrons. The second-order valence-corrected chi connectivity index (χ2v) is 7.34. The monoisotopic (exact) mass is 400 g/mol. The zero-order valence-electron chi connectivity index (χ0n) is 17.3. The molecule has 0 atom stereocenters. The van der Waals surface area contributed by atoms with Gasteiger partial charge in [-0.05, 0) is 31.5 Å². The van der Waals surface area contributed by atoms with Gasteiger partial charge in [-0.1, -0.05) is 30.3 Å². The highest BCUT2D eigenvalue weighted by Gasteiger charge is 2.11. The zero-order chi connectivity index (χ0) is 21.1. The Bertz CT molecular complexity index is 1190. The molecule has 0 unspecified atom stereocenters. The van der Waals surface area contributed by atoms with Crippen LogP contribution in [0.15, 0.2) is 65.8 Å². The lowest BCUT2D eigenvalue weighted by Crippen LogP contribution is -2.21. The van der Waals surface area contributed by atoms with Crippen LogP contribution >= 0.6 is 0 Å². The van der Waals surface area contributed by atoms with Crippen molar-refractivity contribution in [3.63, 3.8) is 0 Å². The number of rotatable bonds is 6. The molecular formula is C23H24N6O. The summed E-state index contributed by atoms with van der Waals surface area (Å²) in [5.41, 5.74) is 3.24. The number of hydrogen-bond acceptors (Lipinski definition) is 5. The van der Waals surface area contributed by atoms with E-state index in [1.807, 2.05) is 61.6 Å². The highest BCUT2D eigenvalue weighted by Crippen LogP contribution is 2.18. The van der Waals surface area contributed by atoms with Crippen LogP contribution in [0.1, 0.15) is 22.6 Å². The predicted molar refractivity (Wildman–Crippen MR) is 117 cm³/mol. The Hall–Kier alpha value is -3.74. The predicted octanol–water partition coefficient (Wildman–Crippen LogP) is 3.33. The van der Waals surface area contributed by atoms with E-state index in [1.54, 1.807) is 13.1 Å². The van der Waals surface area contributed by atoms with E-state index in [1.165, 1.54) is 5.56 Å². The topological polar surface area (TPSA) is 79.7 Å². The Morgan fingerprint density at radius 2 is 1.87 bits per heavy atom. The maximum Gasteiger partial charge on any atom is 0.254 e. The van der Waals surface area contributed by atoms with Gasteiger partial charge in [0.1, 0.15) is 17.5 Å². The molecule has 0 saturated carbocycles. The summed E-state index contributed by atoms with van der Waals surface area (Å²) in [6.07, 6.45) is 5.55. The van der Waals surface area contributed by atoms with Crippen LogP contribution in [0.4, 0.5) is 5.82 Å². The average molecular weight is 400 g/mol. The number of imidazole rings is 1. The second kappa shape index (κ2) is 8.32. The van der Waals surface area contributed by atoms with E-state index < -0.39 is 0 Å². The largest absolute Gasteiger partial charge is 0.352 e. The van der Waals surface area contributed by atoms with Gasteiger partial charge in [-0.15, -0.1) is 0 Å². The number of aromatic nitrogens is 5. The summed E-state index contributed by atoms with van der Waals surface area (Å²) >= 11 is 0. The Labute approximate surface area is 175 Å². The summed E-state index contributed by atoms with van der Waals surface area (Å²) in [5.74, 6) is 2.31. The molecule has 4 rings (SSSR count). The van der Waals surface area contributed by atoms with Crippen molar-refractivity contribution in [3.8, 4) is 11.4 Å². The van der Waals surface area contributed by atoms with E-state index in [2.05, 4.69) is 36.6 Å². The van der Waals surface area contributed by atoms with Gasteiger partial charge in [-0.25, -0.2) is 15.0 Å². The fraction of sp³-hybridized carbons (Fsp3) is 0.217. The number of aryl methyl sites for hydroxylation is 1. The molecular weight excluding hydrogens is 376 g/mol. The number of H-pyrrole nitrogens is 1. The Balaban J connectivity index is 1.49. The van der Waals surface area contributed by atoms with Crippen LogP contribution in [-0.2, 0) is 13.1 Å². The molecule has 0 bridgehead atoms. The van der Waals surface area contributed by atoms with Crippen molar-refractivity contribution >= 4 is 5.82 Å². The fourth-order valence-electron chi connectivity index (χ4n) is 3.24. The summed E-state index contributed by atoms with van der Waals surface area (Å²) in [5, 5.41) is 0. The lowest BCUT2D eigenvalue weighted by molar-refractivity contribution is 0.704. The molecule has 0 saturated heterocycles. The normalized spacial score (nSPS) is 10.9. The molecule has 3 aromatic heterocycles. The minimum absolute atomic E-state index is 0.121. The number of aromatic amines is 1. The van der Waals surface area contributed by atoms with E-state index in [-0.39, 0.29) is 5.56 Å². The van der Waals surface area contributed by atoms with E-state index in [0.717, 1.165) is 29.4 Å². The smallest absolute Gasteiger partial charge is 0.254 e. The van der Waals surface area contributed by atoms with Crippen LogP contribution in [0, 0.1) is 13.8 Å². The van der Waals surface area contributed by atoms with E-state index >= 15 is 0 Å². The fourth-order valence-corrected chi connectivity index (χ4v) is 3.24. The first-order chi connectivity index (χ1) is 14.5. The number of pyridine rings is 1. The van der Waals surface area contributed by atoms with Crippen molar-refractivity contribution in [2.75, 3.05) is 11.9 Å². The van der Waals surface area contributed by atoms with Gasteiger partial charge in [0.25, 0.3) is 5.56 Å². The standard InChI is InChI=1S/C23H24N6O/c1-16-17(2)26-22(27-23(16)30)19-9-10-20(25-13-19)28(3)15-21-24-11-12-29(21)14-18-7-5-4-6-8-18/h4-13H,14-15H2,1-3H3,(H,26,27,30). The van der Waals surface area contributed by atoms with Gasteiger partial charge < -0.3 is 14.5 Å². The minimum Gasteiger partial charge on any atom is -0.352 e. The van der Waals surface area contributed by atoms with Crippen LogP contribution in [-0.4, -0.2) is 31.6 Å². The van der Waals surface area contributed by atoms with E-state index in [9.17, 15) is 4.79 Å². The lowest BCUT2D eigenvalue weighted by atomic mass is 10.2. The third-order valence-electron chi connectivity index (χ3n) is 5.18. The Kier molecular flexibility index (Phi) is 5.43.